The van der Waals surface area contributed by atoms with Crippen molar-refractivity contribution in [2.75, 3.05) is 45.9 Å². The van der Waals surface area contributed by atoms with Crippen LogP contribution in [0.25, 0.3) is 10.9 Å². The predicted octanol–water partition coefficient (Wildman–Crippen LogP) is 0.729. The molecule has 35 heavy (non-hydrogen) atoms. The number of aliphatic hydroxyl groups is 1. The maximum atomic E-state index is 13.3. The number of nitrogens with one attached hydrogen (secondary N) is 2. The zero-order valence-corrected chi connectivity index (χ0v) is 21.1. The van der Waals surface area contributed by atoms with Crippen molar-refractivity contribution in [2.24, 2.45) is 11.1 Å². The number of nitrogens with two attached hydrogens (primary N) is 1. The van der Waals surface area contributed by atoms with Gasteiger partial charge in [0.25, 0.3) is 5.91 Å². The van der Waals surface area contributed by atoms with Crippen molar-refractivity contribution >= 4 is 22.7 Å². The number of carbonyl (C=O) groups excluding carboxylic acids is 2. The van der Waals surface area contributed by atoms with Gasteiger partial charge in [-0.25, -0.2) is 0 Å². The molecule has 0 spiro atoms. The van der Waals surface area contributed by atoms with Gasteiger partial charge in [0.2, 0.25) is 5.91 Å². The molecule has 0 saturated carbocycles. The summed E-state index contributed by atoms with van der Waals surface area (Å²) in [7, 11) is 0. The molecule has 1 aliphatic heterocycles. The Labute approximate surface area is 207 Å². The van der Waals surface area contributed by atoms with E-state index in [4.69, 9.17) is 10.5 Å². The molecule has 0 bridgehead atoms. The largest absolute Gasteiger partial charge is 0.390 e. The molecular formula is C25H40N6O4. The van der Waals surface area contributed by atoms with Gasteiger partial charge in [-0.3, -0.25) is 19.2 Å². The first-order chi connectivity index (χ1) is 16.7. The molecule has 1 aliphatic rings. The highest BCUT2D eigenvalue weighted by Gasteiger charge is 2.34. The number of unbranched alkanes of at least 4 members (excludes halogenated alkanes) is 1. The van der Waals surface area contributed by atoms with Gasteiger partial charge >= 0.3 is 0 Å². The standard InChI is InChI=1S/C25H40N6O4/c1-25(2,3)22(24(34)27-16-18(32)17-30-12-14-35-15-13-30)28-23(33)21-19-8-4-5-9-20(19)31(29-21)11-7-6-10-26/h4-5,8-9,18,22,32H,6-7,10-17,26H2,1-3H3,(H,27,34)(H,28,33)/t18-,22+/m0/s1. The first-order valence-electron chi connectivity index (χ1n) is 12.4. The molecular weight excluding hydrogens is 448 g/mol. The second kappa shape index (κ2) is 12.4. The number of carbonyl (C=O) groups is 2. The van der Waals surface area contributed by atoms with E-state index in [1.165, 1.54) is 0 Å². The number of fused-ring (bicyclic) bond motifs is 1. The topological polar surface area (TPSA) is 135 Å². The lowest BCUT2D eigenvalue weighted by Gasteiger charge is -2.31. The van der Waals surface area contributed by atoms with E-state index in [2.05, 4.69) is 20.6 Å². The molecule has 194 valence electrons. The van der Waals surface area contributed by atoms with Crippen molar-refractivity contribution in [3.05, 3.63) is 30.0 Å². The highest BCUT2D eigenvalue weighted by atomic mass is 16.5. The van der Waals surface area contributed by atoms with Gasteiger partial charge in [-0.1, -0.05) is 39.0 Å². The fourth-order valence-electron chi connectivity index (χ4n) is 4.21. The molecule has 10 heteroatoms. The first kappa shape index (κ1) is 27.1. The van der Waals surface area contributed by atoms with E-state index >= 15 is 0 Å². The van der Waals surface area contributed by atoms with Gasteiger partial charge in [-0.2, -0.15) is 5.10 Å². The molecule has 0 radical (unpaired) electrons. The van der Waals surface area contributed by atoms with E-state index in [0.717, 1.165) is 36.8 Å². The number of β-amino-alcohol motifs (C(OH)–C–C–N with tert-alkyl or cyclic N) is 1. The minimum atomic E-state index is -0.799. The smallest absolute Gasteiger partial charge is 0.273 e. The number of amides is 2. The summed E-state index contributed by atoms with van der Waals surface area (Å²) in [5.74, 6) is -0.735. The molecule has 5 N–H and O–H groups in total. The zero-order valence-electron chi connectivity index (χ0n) is 21.1. The number of hydrogen-bond acceptors (Lipinski definition) is 7. The van der Waals surface area contributed by atoms with Crippen LogP contribution in [0.5, 0.6) is 0 Å². The van der Waals surface area contributed by atoms with E-state index in [0.29, 0.717) is 38.5 Å². The Bertz CT molecular complexity index is 980. The average Bonchev–Trinajstić information content (AvgIpc) is 3.20. The maximum absolute atomic E-state index is 13.3. The van der Waals surface area contributed by atoms with Crippen LogP contribution in [-0.4, -0.2) is 89.7 Å². The van der Waals surface area contributed by atoms with E-state index < -0.39 is 23.5 Å². The molecule has 1 saturated heterocycles. The van der Waals surface area contributed by atoms with Crippen LogP contribution in [0.15, 0.2) is 24.3 Å². The normalized spacial score (nSPS) is 16.7. The Morgan fingerprint density at radius 2 is 1.91 bits per heavy atom. The Hall–Kier alpha value is -2.53. The third-order valence-electron chi connectivity index (χ3n) is 6.19. The lowest BCUT2D eigenvalue weighted by molar-refractivity contribution is -0.125. The molecule has 2 heterocycles. The molecule has 2 atom stereocenters. The van der Waals surface area contributed by atoms with Crippen molar-refractivity contribution < 1.29 is 19.4 Å². The minimum absolute atomic E-state index is 0.108. The molecule has 3 rings (SSSR count). The van der Waals surface area contributed by atoms with Crippen LogP contribution in [0.4, 0.5) is 0 Å². The third kappa shape index (κ3) is 7.47. The molecule has 0 aliphatic carbocycles. The molecule has 0 unspecified atom stereocenters. The van der Waals surface area contributed by atoms with E-state index in [1.807, 2.05) is 49.7 Å². The van der Waals surface area contributed by atoms with Crippen molar-refractivity contribution in [2.45, 2.75) is 52.3 Å². The lowest BCUT2D eigenvalue weighted by Crippen LogP contribution is -2.55. The number of aryl methyl sites for hydroxylation is 1. The Morgan fingerprint density at radius 3 is 2.60 bits per heavy atom. The summed E-state index contributed by atoms with van der Waals surface area (Å²) in [5, 5.41) is 21.4. The quantitative estimate of drug-likeness (QED) is 0.343. The summed E-state index contributed by atoms with van der Waals surface area (Å²) < 4.78 is 7.16. The number of hydrogen-bond donors (Lipinski definition) is 4. The molecule has 2 aromatic rings. The maximum Gasteiger partial charge on any atom is 0.273 e. The van der Waals surface area contributed by atoms with Crippen LogP contribution in [0.1, 0.15) is 44.1 Å². The summed E-state index contributed by atoms with van der Waals surface area (Å²) >= 11 is 0. The lowest BCUT2D eigenvalue weighted by atomic mass is 9.86. The summed E-state index contributed by atoms with van der Waals surface area (Å²) in [6, 6.07) is 6.79. The fourth-order valence-corrected chi connectivity index (χ4v) is 4.21. The number of ether oxygens (including phenoxy) is 1. The minimum Gasteiger partial charge on any atom is -0.390 e. The van der Waals surface area contributed by atoms with Crippen LogP contribution < -0.4 is 16.4 Å². The van der Waals surface area contributed by atoms with Gasteiger partial charge in [0.05, 0.1) is 24.8 Å². The summed E-state index contributed by atoms with van der Waals surface area (Å²) in [4.78, 5) is 28.5. The third-order valence-corrected chi connectivity index (χ3v) is 6.19. The van der Waals surface area contributed by atoms with Gasteiger partial charge in [-0.15, -0.1) is 0 Å². The second-order valence-corrected chi connectivity index (χ2v) is 10.2. The van der Waals surface area contributed by atoms with Gasteiger partial charge in [0, 0.05) is 38.1 Å². The van der Waals surface area contributed by atoms with E-state index in [1.54, 1.807) is 0 Å². The SMILES string of the molecule is CC(C)(C)[C@H](NC(=O)c1nn(CCCCN)c2ccccc12)C(=O)NC[C@H](O)CN1CCOCC1. The summed E-state index contributed by atoms with van der Waals surface area (Å²) in [5.41, 5.74) is 6.24. The van der Waals surface area contributed by atoms with Crippen molar-refractivity contribution in [3.8, 4) is 0 Å². The summed E-state index contributed by atoms with van der Waals surface area (Å²) in [6.45, 7) is 10.3. The number of nitrogens with zero attached hydrogens (tertiary/aromatic N) is 3. The van der Waals surface area contributed by atoms with Crippen LogP contribution in [0, 0.1) is 5.41 Å². The van der Waals surface area contributed by atoms with Crippen molar-refractivity contribution in [1.29, 1.82) is 0 Å². The van der Waals surface area contributed by atoms with Crippen molar-refractivity contribution in [1.82, 2.24) is 25.3 Å². The van der Waals surface area contributed by atoms with Gasteiger partial charge in [-0.05, 0) is 30.9 Å². The number of aliphatic hydroxyl groups excluding tert-OH is 1. The Kier molecular flexibility index (Phi) is 9.62. The molecule has 10 nitrogen and oxygen atoms in total. The number of morpholine rings is 1. The van der Waals surface area contributed by atoms with Crippen LogP contribution in [0.2, 0.25) is 0 Å². The average molecular weight is 489 g/mol. The van der Waals surface area contributed by atoms with Gasteiger partial charge < -0.3 is 26.2 Å². The molecule has 1 aromatic heterocycles. The van der Waals surface area contributed by atoms with Crippen LogP contribution in [-0.2, 0) is 16.1 Å². The summed E-state index contributed by atoms with van der Waals surface area (Å²) in [6.07, 6.45) is 1.03. The number of rotatable bonds is 11. The van der Waals surface area contributed by atoms with Crippen molar-refractivity contribution in [3.63, 3.8) is 0 Å². The fraction of sp³-hybridized carbons (Fsp3) is 0.640. The van der Waals surface area contributed by atoms with E-state index in [9.17, 15) is 14.7 Å². The van der Waals surface area contributed by atoms with E-state index in [-0.39, 0.29) is 12.5 Å². The number of benzene rings is 1. The molecule has 1 fully saturated rings. The Morgan fingerprint density at radius 1 is 1.20 bits per heavy atom. The first-order valence-corrected chi connectivity index (χ1v) is 12.4. The highest BCUT2D eigenvalue weighted by Crippen LogP contribution is 2.23. The molecule has 2 amide bonds. The number of para-hydroxylation sites is 1. The highest BCUT2D eigenvalue weighted by molar-refractivity contribution is 6.06. The predicted molar refractivity (Wildman–Crippen MR) is 135 cm³/mol. The Balaban J connectivity index is 1.67. The zero-order chi connectivity index (χ0) is 25.4. The van der Waals surface area contributed by atoms with Gasteiger partial charge in [0.1, 0.15) is 6.04 Å². The second-order valence-electron chi connectivity index (χ2n) is 10.2. The molecule has 1 aromatic carbocycles. The monoisotopic (exact) mass is 488 g/mol. The number of aromatic nitrogens is 2. The van der Waals surface area contributed by atoms with Crippen LogP contribution in [0.3, 0.4) is 0 Å². The van der Waals surface area contributed by atoms with Gasteiger partial charge in [0.15, 0.2) is 5.69 Å². The van der Waals surface area contributed by atoms with Crippen LogP contribution >= 0.6 is 0 Å².